The van der Waals surface area contributed by atoms with Gasteiger partial charge in [-0.1, -0.05) is 12.1 Å². The molecule has 2 N–H and O–H groups in total. The van der Waals surface area contributed by atoms with Crippen LogP contribution in [0.25, 0.3) is 22.3 Å². The van der Waals surface area contributed by atoms with Crippen LogP contribution in [0.1, 0.15) is 20.3 Å². The van der Waals surface area contributed by atoms with Crippen LogP contribution in [0.5, 0.6) is 0 Å². The highest BCUT2D eigenvalue weighted by atomic mass is 16.5. The fourth-order valence-electron chi connectivity index (χ4n) is 4.27. The predicted molar refractivity (Wildman–Crippen MR) is 114 cm³/mol. The van der Waals surface area contributed by atoms with Gasteiger partial charge in [-0.25, -0.2) is 9.97 Å². The van der Waals surface area contributed by atoms with Crippen LogP contribution in [0.3, 0.4) is 0 Å². The van der Waals surface area contributed by atoms with Crippen LogP contribution in [-0.4, -0.2) is 64.5 Å². The molecule has 0 amide bonds. The average molecular weight is 393 g/mol. The Hall–Kier alpha value is -2.64. The van der Waals surface area contributed by atoms with E-state index in [9.17, 15) is 5.11 Å². The molecule has 2 aromatic heterocycles. The molecule has 4 heterocycles. The zero-order valence-electron chi connectivity index (χ0n) is 16.9. The number of benzene rings is 1. The van der Waals surface area contributed by atoms with E-state index in [1.54, 1.807) is 0 Å². The highest BCUT2D eigenvalue weighted by Crippen LogP contribution is 2.37. The molecule has 1 atom stereocenters. The van der Waals surface area contributed by atoms with Gasteiger partial charge in [-0.05, 0) is 32.4 Å². The lowest BCUT2D eigenvalue weighted by atomic mass is 10.0. The Morgan fingerprint density at radius 3 is 3.07 bits per heavy atom. The Morgan fingerprint density at radius 2 is 2.21 bits per heavy atom. The molecule has 2 aliphatic heterocycles. The van der Waals surface area contributed by atoms with E-state index in [2.05, 4.69) is 33.0 Å². The Morgan fingerprint density at radius 1 is 1.31 bits per heavy atom. The Kier molecular flexibility index (Phi) is 4.44. The van der Waals surface area contributed by atoms with Crippen molar-refractivity contribution in [3.8, 4) is 11.4 Å². The standard InChI is InChI=1S/C22H27N5O2/c1-22(2,28)7-9-26-13-15-14-29-11-10-27(15)21-19(26)12-24-20(25-21)17-4-3-5-18-16(17)6-8-23-18/h3-6,8,12,15,23,28H,7,9-11,13-14H2,1-2H3. The van der Waals surface area contributed by atoms with Crippen LogP contribution in [-0.2, 0) is 4.74 Å². The van der Waals surface area contributed by atoms with E-state index < -0.39 is 5.60 Å². The normalized spacial score (nSPS) is 19.3. The van der Waals surface area contributed by atoms with Gasteiger partial charge < -0.3 is 24.6 Å². The van der Waals surface area contributed by atoms with E-state index in [0.717, 1.165) is 53.4 Å². The summed E-state index contributed by atoms with van der Waals surface area (Å²) in [5.74, 6) is 1.71. The van der Waals surface area contributed by atoms with Gasteiger partial charge in [0.15, 0.2) is 11.6 Å². The molecule has 0 spiro atoms. The number of nitrogens with one attached hydrogen (secondary N) is 1. The van der Waals surface area contributed by atoms with Crippen molar-refractivity contribution >= 4 is 22.4 Å². The summed E-state index contributed by atoms with van der Waals surface area (Å²) in [7, 11) is 0. The number of hydrogen-bond donors (Lipinski definition) is 2. The van der Waals surface area contributed by atoms with Crippen LogP contribution in [0.4, 0.5) is 11.5 Å². The highest BCUT2D eigenvalue weighted by Gasteiger charge is 2.35. The zero-order valence-corrected chi connectivity index (χ0v) is 16.9. The summed E-state index contributed by atoms with van der Waals surface area (Å²) >= 11 is 0. The van der Waals surface area contributed by atoms with Crippen molar-refractivity contribution in [3.05, 3.63) is 36.7 Å². The molecule has 2 aliphatic rings. The minimum atomic E-state index is -0.703. The molecule has 1 saturated heterocycles. The molecule has 1 aromatic carbocycles. The number of hydrogen-bond acceptors (Lipinski definition) is 6. The zero-order chi connectivity index (χ0) is 20.0. The summed E-state index contributed by atoms with van der Waals surface area (Å²) in [5, 5.41) is 11.3. The SMILES string of the molecule is CC(C)(O)CCN1CC2COCCN2c2nc(-c3cccc4[nH]ccc34)ncc21. The molecule has 0 saturated carbocycles. The van der Waals surface area contributed by atoms with Crippen LogP contribution in [0.2, 0.25) is 0 Å². The van der Waals surface area contributed by atoms with Crippen LogP contribution >= 0.6 is 0 Å². The molecule has 0 radical (unpaired) electrons. The van der Waals surface area contributed by atoms with Crippen molar-refractivity contribution in [2.75, 3.05) is 42.6 Å². The summed E-state index contributed by atoms with van der Waals surface area (Å²) in [6, 6.07) is 8.51. The smallest absolute Gasteiger partial charge is 0.162 e. The number of ether oxygens (including phenoxy) is 1. The quantitative estimate of drug-likeness (QED) is 0.710. The number of aromatic amines is 1. The summed E-state index contributed by atoms with van der Waals surface area (Å²) < 4.78 is 5.74. The molecule has 152 valence electrons. The van der Waals surface area contributed by atoms with Crippen LogP contribution in [0, 0.1) is 0 Å². The minimum Gasteiger partial charge on any atom is -0.390 e. The van der Waals surface area contributed by atoms with Gasteiger partial charge in [-0.3, -0.25) is 0 Å². The number of nitrogens with zero attached hydrogens (tertiary/aromatic N) is 4. The molecular weight excluding hydrogens is 366 g/mol. The maximum atomic E-state index is 10.2. The third kappa shape index (κ3) is 3.45. The highest BCUT2D eigenvalue weighted by molar-refractivity contribution is 5.93. The number of aromatic nitrogens is 3. The molecule has 0 bridgehead atoms. The number of morpholine rings is 1. The van der Waals surface area contributed by atoms with Gasteiger partial charge in [0, 0.05) is 42.3 Å². The lowest BCUT2D eigenvalue weighted by Crippen LogP contribution is -2.56. The van der Waals surface area contributed by atoms with Crippen LogP contribution < -0.4 is 9.80 Å². The van der Waals surface area contributed by atoms with Crippen molar-refractivity contribution in [1.82, 2.24) is 15.0 Å². The minimum absolute atomic E-state index is 0.267. The van der Waals surface area contributed by atoms with Crippen molar-refractivity contribution in [1.29, 1.82) is 0 Å². The van der Waals surface area contributed by atoms with Gasteiger partial charge in [-0.15, -0.1) is 0 Å². The molecule has 5 rings (SSSR count). The molecule has 1 unspecified atom stereocenters. The lowest BCUT2D eigenvalue weighted by Gasteiger charge is -2.46. The molecule has 7 heteroatoms. The van der Waals surface area contributed by atoms with Gasteiger partial charge in [0.2, 0.25) is 0 Å². The van der Waals surface area contributed by atoms with Gasteiger partial charge >= 0.3 is 0 Å². The summed E-state index contributed by atoms with van der Waals surface area (Å²) in [4.78, 5) is 17.7. The van der Waals surface area contributed by atoms with Crippen molar-refractivity contribution in [2.24, 2.45) is 0 Å². The summed E-state index contributed by atoms with van der Waals surface area (Å²) in [6.07, 6.45) is 4.58. The van der Waals surface area contributed by atoms with Crippen molar-refractivity contribution in [2.45, 2.75) is 31.9 Å². The number of rotatable bonds is 4. The van der Waals surface area contributed by atoms with Crippen molar-refractivity contribution < 1.29 is 9.84 Å². The first-order valence-corrected chi connectivity index (χ1v) is 10.2. The fourth-order valence-corrected chi connectivity index (χ4v) is 4.27. The maximum absolute atomic E-state index is 10.2. The average Bonchev–Trinajstić information content (AvgIpc) is 3.20. The Bertz CT molecular complexity index is 1030. The van der Waals surface area contributed by atoms with E-state index in [0.29, 0.717) is 19.6 Å². The fraction of sp³-hybridized carbons (Fsp3) is 0.455. The second-order valence-corrected chi connectivity index (χ2v) is 8.58. The number of aliphatic hydroxyl groups is 1. The molecule has 3 aromatic rings. The molecule has 0 aliphatic carbocycles. The third-order valence-corrected chi connectivity index (χ3v) is 5.85. The second kappa shape index (κ2) is 7.00. The van der Waals surface area contributed by atoms with E-state index in [1.807, 2.05) is 32.3 Å². The van der Waals surface area contributed by atoms with Crippen molar-refractivity contribution in [3.63, 3.8) is 0 Å². The van der Waals surface area contributed by atoms with E-state index in [4.69, 9.17) is 14.7 Å². The van der Waals surface area contributed by atoms with Gasteiger partial charge in [0.05, 0.1) is 36.7 Å². The van der Waals surface area contributed by atoms with Gasteiger partial charge in [-0.2, -0.15) is 0 Å². The molecule has 7 nitrogen and oxygen atoms in total. The molecule has 1 fully saturated rings. The first kappa shape index (κ1) is 18.4. The van der Waals surface area contributed by atoms with E-state index in [-0.39, 0.29) is 6.04 Å². The third-order valence-electron chi connectivity index (χ3n) is 5.85. The predicted octanol–water partition coefficient (Wildman–Crippen LogP) is 2.81. The lowest BCUT2D eigenvalue weighted by molar-refractivity contribution is 0.0713. The largest absolute Gasteiger partial charge is 0.390 e. The molecule has 29 heavy (non-hydrogen) atoms. The molecular formula is C22H27N5O2. The Labute approximate surface area is 170 Å². The van der Waals surface area contributed by atoms with E-state index >= 15 is 0 Å². The van der Waals surface area contributed by atoms with Crippen LogP contribution in [0.15, 0.2) is 36.7 Å². The topological polar surface area (TPSA) is 77.5 Å². The van der Waals surface area contributed by atoms with Gasteiger partial charge in [0.25, 0.3) is 0 Å². The maximum Gasteiger partial charge on any atom is 0.162 e. The monoisotopic (exact) mass is 393 g/mol. The van der Waals surface area contributed by atoms with E-state index in [1.165, 1.54) is 0 Å². The number of H-pyrrole nitrogens is 1. The number of fused-ring (bicyclic) bond motifs is 4. The Balaban J connectivity index is 1.56. The second-order valence-electron chi connectivity index (χ2n) is 8.58. The number of anilines is 2. The summed E-state index contributed by atoms with van der Waals surface area (Å²) in [6.45, 7) is 7.57. The van der Waals surface area contributed by atoms with Gasteiger partial charge in [0.1, 0.15) is 0 Å². The first-order chi connectivity index (χ1) is 14.0. The first-order valence-electron chi connectivity index (χ1n) is 10.2. The summed E-state index contributed by atoms with van der Waals surface area (Å²) in [5.41, 5.74) is 2.45.